The number of hydrogen-bond donors (Lipinski definition) is 2. The van der Waals surface area contributed by atoms with Crippen molar-refractivity contribution in [1.29, 1.82) is 5.26 Å². The molecule has 0 radical (unpaired) electrons. The zero-order chi connectivity index (χ0) is 15.1. The smallest absolute Gasteiger partial charge is 0.234 e. The van der Waals surface area contributed by atoms with Crippen molar-refractivity contribution < 1.29 is 4.79 Å². The number of carbonyl (C=O) groups is 1. The number of carbonyl (C=O) groups excluding carboxylic acids is 1. The lowest BCUT2D eigenvalue weighted by Gasteiger charge is -2.08. The number of nitrogens with one attached hydrogen (secondary N) is 1. The molecule has 6 nitrogen and oxygen atoms in total. The average molecular weight is 337 g/mol. The van der Waals surface area contributed by atoms with Crippen molar-refractivity contribution >= 4 is 51.6 Å². The lowest BCUT2D eigenvalue weighted by atomic mass is 10.3. The number of thioether (sulfide) groups is 2. The van der Waals surface area contributed by atoms with E-state index in [1.54, 1.807) is 0 Å². The molecule has 0 bridgehead atoms. The normalized spacial score (nSPS) is 10.0. The fourth-order valence-corrected chi connectivity index (χ4v) is 3.50. The van der Waals surface area contributed by atoms with E-state index in [1.165, 1.54) is 34.9 Å². The molecule has 1 heterocycles. The van der Waals surface area contributed by atoms with Crippen LogP contribution in [0.2, 0.25) is 0 Å². The first kappa shape index (κ1) is 15.6. The van der Waals surface area contributed by atoms with Crippen molar-refractivity contribution in [3.8, 4) is 6.07 Å². The van der Waals surface area contributed by atoms with Crippen LogP contribution in [0, 0.1) is 11.3 Å². The van der Waals surface area contributed by atoms with Gasteiger partial charge in [-0.05, 0) is 12.1 Å². The quantitative estimate of drug-likeness (QED) is 0.780. The minimum Gasteiger partial charge on any atom is -0.374 e. The molecule has 0 spiro atoms. The van der Waals surface area contributed by atoms with Gasteiger partial charge in [0.15, 0.2) is 4.34 Å². The minimum atomic E-state index is -0.140. The van der Waals surface area contributed by atoms with Crippen LogP contribution < -0.4 is 11.1 Å². The maximum absolute atomic E-state index is 11.9. The molecule has 9 heteroatoms. The second-order valence-electron chi connectivity index (χ2n) is 3.69. The van der Waals surface area contributed by atoms with E-state index in [4.69, 9.17) is 11.0 Å². The number of benzene rings is 1. The molecule has 0 aliphatic carbocycles. The molecule has 0 atom stereocenters. The Kier molecular flexibility index (Phi) is 5.86. The number of nitrogens with two attached hydrogens (primary N) is 1. The predicted octanol–water partition coefficient (Wildman–Crippen LogP) is 2.47. The van der Waals surface area contributed by atoms with Crippen molar-refractivity contribution in [2.24, 2.45) is 0 Å². The SMILES string of the molecule is N#CCSc1ccccc1NC(=O)CSc1nnc(N)s1. The molecular weight excluding hydrogens is 326 g/mol. The van der Waals surface area contributed by atoms with Gasteiger partial charge in [0.05, 0.1) is 23.3 Å². The monoisotopic (exact) mass is 337 g/mol. The Labute approximate surface area is 134 Å². The highest BCUT2D eigenvalue weighted by molar-refractivity contribution is 8.01. The molecule has 0 saturated heterocycles. The van der Waals surface area contributed by atoms with Gasteiger partial charge in [-0.1, -0.05) is 35.2 Å². The maximum atomic E-state index is 11.9. The van der Waals surface area contributed by atoms with Gasteiger partial charge in [0, 0.05) is 4.90 Å². The molecule has 3 N–H and O–H groups in total. The van der Waals surface area contributed by atoms with Crippen LogP contribution in [-0.2, 0) is 4.79 Å². The van der Waals surface area contributed by atoms with Gasteiger partial charge >= 0.3 is 0 Å². The summed E-state index contributed by atoms with van der Waals surface area (Å²) in [4.78, 5) is 12.8. The molecule has 108 valence electrons. The molecule has 2 rings (SSSR count). The fourth-order valence-electron chi connectivity index (χ4n) is 1.40. The van der Waals surface area contributed by atoms with Crippen molar-refractivity contribution in [3.63, 3.8) is 0 Å². The fraction of sp³-hybridized carbons (Fsp3) is 0.167. The van der Waals surface area contributed by atoms with E-state index in [1.807, 2.05) is 24.3 Å². The largest absolute Gasteiger partial charge is 0.374 e. The van der Waals surface area contributed by atoms with Crippen LogP contribution in [0.3, 0.4) is 0 Å². The van der Waals surface area contributed by atoms with E-state index >= 15 is 0 Å². The Morgan fingerprint density at radius 2 is 2.19 bits per heavy atom. The molecule has 2 aromatic rings. The van der Waals surface area contributed by atoms with Crippen molar-refractivity contribution in [1.82, 2.24) is 10.2 Å². The summed E-state index contributed by atoms with van der Waals surface area (Å²) in [6.45, 7) is 0. The Morgan fingerprint density at radius 1 is 1.38 bits per heavy atom. The van der Waals surface area contributed by atoms with Crippen molar-refractivity contribution in [3.05, 3.63) is 24.3 Å². The van der Waals surface area contributed by atoms with Crippen LogP contribution in [0.25, 0.3) is 0 Å². The highest BCUT2D eigenvalue weighted by atomic mass is 32.2. The zero-order valence-electron chi connectivity index (χ0n) is 10.8. The summed E-state index contributed by atoms with van der Waals surface area (Å²) in [5.41, 5.74) is 6.19. The highest BCUT2D eigenvalue weighted by Crippen LogP contribution is 2.27. The molecule has 1 amide bonds. The number of amides is 1. The van der Waals surface area contributed by atoms with Crippen LogP contribution in [0.15, 0.2) is 33.5 Å². The highest BCUT2D eigenvalue weighted by Gasteiger charge is 2.09. The molecule has 0 saturated carbocycles. The predicted molar refractivity (Wildman–Crippen MR) is 86.5 cm³/mol. The third-order valence-electron chi connectivity index (χ3n) is 2.20. The van der Waals surface area contributed by atoms with Crippen LogP contribution in [-0.4, -0.2) is 27.6 Å². The van der Waals surface area contributed by atoms with Gasteiger partial charge in [-0.2, -0.15) is 5.26 Å². The van der Waals surface area contributed by atoms with E-state index in [0.717, 1.165) is 4.90 Å². The summed E-state index contributed by atoms with van der Waals surface area (Å²) in [7, 11) is 0. The lowest BCUT2D eigenvalue weighted by molar-refractivity contribution is -0.113. The maximum Gasteiger partial charge on any atom is 0.234 e. The molecular formula is C12H11N5OS3. The first-order valence-electron chi connectivity index (χ1n) is 5.79. The topological polar surface area (TPSA) is 105 Å². The van der Waals surface area contributed by atoms with Gasteiger partial charge in [0.1, 0.15) is 0 Å². The molecule has 0 aliphatic heterocycles. The third-order valence-corrected chi connectivity index (χ3v) is 5.03. The molecule has 0 unspecified atom stereocenters. The van der Waals surface area contributed by atoms with Gasteiger partial charge in [-0.3, -0.25) is 4.79 Å². The standard InChI is InChI=1S/C12H11N5OS3/c13-5-6-19-9-4-2-1-3-8(9)15-10(18)7-20-12-17-16-11(14)21-12/h1-4H,6-7H2,(H2,14,16)(H,15,18). The summed E-state index contributed by atoms with van der Waals surface area (Å²) < 4.78 is 0.662. The number of para-hydroxylation sites is 1. The van der Waals surface area contributed by atoms with Crippen LogP contribution in [0.1, 0.15) is 0 Å². The first-order valence-corrected chi connectivity index (χ1v) is 8.58. The minimum absolute atomic E-state index is 0.140. The average Bonchev–Trinajstić information content (AvgIpc) is 2.90. The molecule has 0 fully saturated rings. The third kappa shape index (κ3) is 4.93. The second kappa shape index (κ2) is 7.87. The van der Waals surface area contributed by atoms with E-state index in [2.05, 4.69) is 21.6 Å². The van der Waals surface area contributed by atoms with Crippen LogP contribution >= 0.6 is 34.9 Å². The molecule has 1 aromatic heterocycles. The van der Waals surface area contributed by atoms with Crippen LogP contribution in [0.4, 0.5) is 10.8 Å². The first-order chi connectivity index (χ1) is 10.2. The van der Waals surface area contributed by atoms with E-state index in [0.29, 0.717) is 20.9 Å². The number of nitriles is 1. The van der Waals surface area contributed by atoms with Gasteiger partial charge < -0.3 is 11.1 Å². The Bertz CT molecular complexity index is 667. The molecule has 0 aliphatic rings. The number of hydrogen-bond acceptors (Lipinski definition) is 8. The number of nitrogens with zero attached hydrogens (tertiary/aromatic N) is 3. The van der Waals surface area contributed by atoms with Crippen molar-refractivity contribution in [2.45, 2.75) is 9.24 Å². The Morgan fingerprint density at radius 3 is 2.90 bits per heavy atom. The lowest BCUT2D eigenvalue weighted by Crippen LogP contribution is -2.14. The van der Waals surface area contributed by atoms with Gasteiger partial charge in [0.25, 0.3) is 0 Å². The summed E-state index contributed by atoms with van der Waals surface area (Å²) in [6.07, 6.45) is 0. The van der Waals surface area contributed by atoms with Gasteiger partial charge in [-0.25, -0.2) is 0 Å². The van der Waals surface area contributed by atoms with E-state index in [-0.39, 0.29) is 11.7 Å². The van der Waals surface area contributed by atoms with Crippen molar-refractivity contribution in [2.75, 3.05) is 22.6 Å². The number of rotatable bonds is 6. The summed E-state index contributed by atoms with van der Waals surface area (Å²) >= 11 is 3.92. The van der Waals surface area contributed by atoms with Gasteiger partial charge in [0.2, 0.25) is 11.0 Å². The summed E-state index contributed by atoms with van der Waals surface area (Å²) in [6, 6.07) is 9.46. The summed E-state index contributed by atoms with van der Waals surface area (Å²) in [5.74, 6) is 0.427. The number of anilines is 2. The Hall–Kier alpha value is -1.76. The zero-order valence-corrected chi connectivity index (χ0v) is 13.2. The molecule has 1 aromatic carbocycles. The Balaban J connectivity index is 1.91. The summed E-state index contributed by atoms with van der Waals surface area (Å²) in [5, 5.41) is 19.4. The number of aromatic nitrogens is 2. The second-order valence-corrected chi connectivity index (χ2v) is 6.93. The van der Waals surface area contributed by atoms with E-state index in [9.17, 15) is 4.79 Å². The van der Waals surface area contributed by atoms with Crippen LogP contribution in [0.5, 0.6) is 0 Å². The van der Waals surface area contributed by atoms with Gasteiger partial charge in [-0.15, -0.1) is 22.0 Å². The number of nitrogen functional groups attached to an aromatic ring is 1. The molecule has 21 heavy (non-hydrogen) atoms. The van der Waals surface area contributed by atoms with E-state index < -0.39 is 0 Å².